The predicted octanol–water partition coefficient (Wildman–Crippen LogP) is 5.77. The molecule has 35 heavy (non-hydrogen) atoms. The van der Waals surface area contributed by atoms with E-state index in [-0.39, 0.29) is 12.2 Å². The highest BCUT2D eigenvalue weighted by molar-refractivity contribution is 9.10. The van der Waals surface area contributed by atoms with E-state index >= 15 is 0 Å². The van der Waals surface area contributed by atoms with Gasteiger partial charge in [0.2, 0.25) is 0 Å². The van der Waals surface area contributed by atoms with Gasteiger partial charge in [0, 0.05) is 26.1 Å². The summed E-state index contributed by atoms with van der Waals surface area (Å²) in [5, 5.41) is 2.25. The van der Waals surface area contributed by atoms with E-state index in [2.05, 4.69) is 37.2 Å². The van der Waals surface area contributed by atoms with Gasteiger partial charge in [0.05, 0.1) is 12.8 Å². The van der Waals surface area contributed by atoms with Crippen LogP contribution in [0, 0.1) is 6.92 Å². The lowest BCUT2D eigenvalue weighted by Gasteiger charge is -2.27. The number of benzene rings is 3. The van der Waals surface area contributed by atoms with Crippen LogP contribution in [0.15, 0.2) is 75.2 Å². The van der Waals surface area contributed by atoms with E-state index in [1.807, 2.05) is 24.3 Å². The molecule has 9 heteroatoms. The first kappa shape index (κ1) is 24.7. The van der Waals surface area contributed by atoms with Crippen molar-refractivity contribution >= 4 is 61.5 Å². The number of ether oxygens (including phenoxy) is 2. The number of aryl methyl sites for hydroxylation is 1. The lowest BCUT2D eigenvalue weighted by molar-refractivity contribution is -0.122. The predicted molar refractivity (Wildman–Crippen MR) is 139 cm³/mol. The minimum absolute atomic E-state index is 0.192. The Bertz CT molecular complexity index is 1370. The summed E-state index contributed by atoms with van der Waals surface area (Å²) in [7, 11) is 1.53. The van der Waals surface area contributed by atoms with Crippen LogP contribution in [0.3, 0.4) is 0 Å². The van der Waals surface area contributed by atoms with E-state index in [1.165, 1.54) is 13.2 Å². The van der Waals surface area contributed by atoms with Gasteiger partial charge in [0.15, 0.2) is 0 Å². The van der Waals surface area contributed by atoms with Crippen molar-refractivity contribution in [2.75, 3.05) is 12.0 Å². The number of nitrogens with one attached hydrogen (secondary N) is 1. The summed E-state index contributed by atoms with van der Waals surface area (Å²) in [6.45, 7) is 2.02. The molecule has 0 aromatic heterocycles. The number of halogens is 2. The van der Waals surface area contributed by atoms with E-state index in [1.54, 1.807) is 43.3 Å². The Kier molecular flexibility index (Phi) is 7.37. The topological polar surface area (TPSA) is 84.9 Å². The van der Waals surface area contributed by atoms with Gasteiger partial charge in [0.25, 0.3) is 11.8 Å². The highest BCUT2D eigenvalue weighted by Crippen LogP contribution is 2.31. The maximum Gasteiger partial charge on any atom is 0.335 e. The van der Waals surface area contributed by atoms with Crippen molar-refractivity contribution in [3.8, 4) is 11.5 Å². The van der Waals surface area contributed by atoms with Crippen molar-refractivity contribution in [3.05, 3.63) is 91.9 Å². The molecule has 0 bridgehead atoms. The highest BCUT2D eigenvalue weighted by atomic mass is 79.9. The van der Waals surface area contributed by atoms with Crippen LogP contribution in [0.2, 0.25) is 0 Å². The molecule has 3 aromatic rings. The SMILES string of the molecule is COc1ccc(/C=C2/C(=O)NC(=O)N(c3ccc(Br)cc3C)C2=O)c(OCc2ccccc2Br)c1. The van der Waals surface area contributed by atoms with E-state index in [4.69, 9.17) is 9.47 Å². The number of anilines is 1. The van der Waals surface area contributed by atoms with E-state index in [0.717, 1.165) is 19.4 Å². The van der Waals surface area contributed by atoms with Crippen LogP contribution in [0.4, 0.5) is 10.5 Å². The Hall–Kier alpha value is -3.43. The summed E-state index contributed by atoms with van der Waals surface area (Å²) in [6.07, 6.45) is 1.42. The summed E-state index contributed by atoms with van der Waals surface area (Å²) in [4.78, 5) is 39.5. The molecule has 1 N–H and O–H groups in total. The maximum absolute atomic E-state index is 13.3. The molecular weight excluding hydrogens is 580 g/mol. The number of amides is 4. The second-order valence-electron chi connectivity index (χ2n) is 7.67. The highest BCUT2D eigenvalue weighted by Gasteiger charge is 2.37. The second kappa shape index (κ2) is 10.5. The Morgan fingerprint density at radius 2 is 1.77 bits per heavy atom. The third-order valence-electron chi connectivity index (χ3n) is 5.36. The zero-order chi connectivity index (χ0) is 25.1. The van der Waals surface area contributed by atoms with Gasteiger partial charge in [-0.3, -0.25) is 14.9 Å². The molecule has 1 heterocycles. The molecule has 7 nitrogen and oxygen atoms in total. The minimum atomic E-state index is -0.803. The molecule has 1 aliphatic heterocycles. The molecule has 178 valence electrons. The number of methoxy groups -OCH3 is 1. The summed E-state index contributed by atoms with van der Waals surface area (Å²) in [6, 6.07) is 17.0. The van der Waals surface area contributed by atoms with Crippen LogP contribution >= 0.6 is 31.9 Å². The molecule has 1 aliphatic rings. The quantitative estimate of drug-likeness (QED) is 0.287. The van der Waals surface area contributed by atoms with Gasteiger partial charge >= 0.3 is 6.03 Å². The number of urea groups is 1. The number of barbiturate groups is 1. The van der Waals surface area contributed by atoms with Gasteiger partial charge < -0.3 is 9.47 Å². The van der Waals surface area contributed by atoms with E-state index in [9.17, 15) is 14.4 Å². The average molecular weight is 600 g/mol. The number of hydrogen-bond donors (Lipinski definition) is 1. The molecule has 4 rings (SSSR count). The Morgan fingerprint density at radius 3 is 2.49 bits per heavy atom. The largest absolute Gasteiger partial charge is 0.497 e. The maximum atomic E-state index is 13.3. The fraction of sp³-hybridized carbons (Fsp3) is 0.115. The molecule has 1 saturated heterocycles. The van der Waals surface area contributed by atoms with Crippen LogP contribution in [-0.4, -0.2) is 25.0 Å². The molecular formula is C26H20Br2N2O5. The third kappa shape index (κ3) is 5.31. The van der Waals surface area contributed by atoms with Crippen molar-refractivity contribution < 1.29 is 23.9 Å². The Balaban J connectivity index is 1.71. The molecule has 0 unspecified atom stereocenters. The standard InChI is InChI=1S/C26H20Br2N2O5/c1-15-11-18(27)8-10-22(15)30-25(32)20(24(31)29-26(30)33)12-16-7-9-19(34-2)13-23(16)35-14-17-5-3-4-6-21(17)28/h3-13H,14H2,1-2H3,(H,29,31,33)/b20-12-. The van der Waals surface area contributed by atoms with Gasteiger partial charge in [-0.2, -0.15) is 0 Å². The first-order valence-electron chi connectivity index (χ1n) is 10.5. The summed E-state index contributed by atoms with van der Waals surface area (Å²) < 4.78 is 13.1. The zero-order valence-electron chi connectivity index (χ0n) is 18.8. The lowest BCUT2D eigenvalue weighted by Crippen LogP contribution is -2.54. The molecule has 3 aromatic carbocycles. The summed E-state index contributed by atoms with van der Waals surface area (Å²) in [5.41, 5.74) is 2.29. The van der Waals surface area contributed by atoms with Crippen molar-refractivity contribution in [1.29, 1.82) is 0 Å². The van der Waals surface area contributed by atoms with Crippen molar-refractivity contribution in [1.82, 2.24) is 5.32 Å². The molecule has 0 aliphatic carbocycles. The van der Waals surface area contributed by atoms with Crippen molar-refractivity contribution in [2.24, 2.45) is 0 Å². The molecule has 0 saturated carbocycles. The number of hydrogen-bond acceptors (Lipinski definition) is 5. The number of nitrogens with zero attached hydrogens (tertiary/aromatic N) is 1. The van der Waals surface area contributed by atoms with Gasteiger partial charge in [-0.1, -0.05) is 50.1 Å². The van der Waals surface area contributed by atoms with Gasteiger partial charge in [-0.05, 0) is 55.0 Å². The monoisotopic (exact) mass is 598 g/mol. The first-order chi connectivity index (χ1) is 16.8. The average Bonchev–Trinajstić information content (AvgIpc) is 2.83. The minimum Gasteiger partial charge on any atom is -0.497 e. The second-order valence-corrected chi connectivity index (χ2v) is 9.44. The van der Waals surface area contributed by atoms with Crippen LogP contribution in [-0.2, 0) is 16.2 Å². The molecule has 1 fully saturated rings. The Labute approximate surface area is 219 Å². The normalized spacial score (nSPS) is 14.8. The lowest BCUT2D eigenvalue weighted by atomic mass is 10.0. The van der Waals surface area contributed by atoms with Crippen LogP contribution in [0.25, 0.3) is 6.08 Å². The van der Waals surface area contributed by atoms with E-state index in [0.29, 0.717) is 28.3 Å². The number of rotatable bonds is 6. The molecule has 0 radical (unpaired) electrons. The van der Waals surface area contributed by atoms with Crippen LogP contribution in [0.5, 0.6) is 11.5 Å². The fourth-order valence-corrected chi connectivity index (χ4v) is 4.43. The Morgan fingerprint density at radius 1 is 1.00 bits per heavy atom. The van der Waals surface area contributed by atoms with Gasteiger partial charge in [0.1, 0.15) is 23.7 Å². The number of imide groups is 2. The summed E-state index contributed by atoms with van der Waals surface area (Å²) in [5.74, 6) is -0.539. The summed E-state index contributed by atoms with van der Waals surface area (Å²) >= 11 is 6.88. The van der Waals surface area contributed by atoms with Crippen LogP contribution < -0.4 is 19.7 Å². The third-order valence-corrected chi connectivity index (χ3v) is 6.63. The number of carbonyl (C=O) groups is 3. The van der Waals surface area contributed by atoms with Crippen LogP contribution in [0.1, 0.15) is 16.7 Å². The molecule has 0 spiro atoms. The smallest absolute Gasteiger partial charge is 0.335 e. The zero-order valence-corrected chi connectivity index (χ0v) is 22.0. The fourth-order valence-electron chi connectivity index (χ4n) is 3.56. The molecule has 4 amide bonds. The van der Waals surface area contributed by atoms with Gasteiger partial charge in [-0.15, -0.1) is 0 Å². The number of carbonyl (C=O) groups excluding carboxylic acids is 3. The van der Waals surface area contributed by atoms with E-state index < -0.39 is 17.8 Å². The van der Waals surface area contributed by atoms with Gasteiger partial charge in [-0.25, -0.2) is 9.69 Å². The first-order valence-corrected chi connectivity index (χ1v) is 12.1. The van der Waals surface area contributed by atoms with Crippen molar-refractivity contribution in [2.45, 2.75) is 13.5 Å². The molecule has 0 atom stereocenters. The van der Waals surface area contributed by atoms with Crippen molar-refractivity contribution in [3.63, 3.8) is 0 Å².